The van der Waals surface area contributed by atoms with Crippen LogP contribution in [0.15, 0.2) is 47.3 Å². The first kappa shape index (κ1) is 19.6. The van der Waals surface area contributed by atoms with Gasteiger partial charge in [0.15, 0.2) is 5.43 Å². The van der Waals surface area contributed by atoms with Crippen LogP contribution in [0.1, 0.15) is 37.7 Å². The van der Waals surface area contributed by atoms with Gasteiger partial charge >= 0.3 is 0 Å². The van der Waals surface area contributed by atoms with Crippen molar-refractivity contribution >= 4 is 37.3 Å². The number of amidine groups is 1. The Hall–Kier alpha value is -1.72. The van der Waals surface area contributed by atoms with Gasteiger partial charge in [0.05, 0.1) is 19.6 Å². The van der Waals surface area contributed by atoms with Gasteiger partial charge in [0.25, 0.3) is 0 Å². The van der Waals surface area contributed by atoms with Crippen LogP contribution in [0.2, 0.25) is 0 Å². The molecule has 0 saturated heterocycles. The molecule has 0 aliphatic carbocycles. The summed E-state index contributed by atoms with van der Waals surface area (Å²) in [5, 5.41) is 1.71. The third kappa shape index (κ3) is 3.50. The van der Waals surface area contributed by atoms with Crippen LogP contribution in [-0.2, 0) is 6.54 Å². The lowest BCUT2D eigenvalue weighted by atomic mass is 10.1. The highest BCUT2D eigenvalue weighted by molar-refractivity contribution is 7.24. The van der Waals surface area contributed by atoms with E-state index in [0.29, 0.717) is 0 Å². The molecular weight excluding hydrogens is 432 g/mol. The van der Waals surface area contributed by atoms with E-state index in [1.54, 1.807) is 11.3 Å². The quantitative estimate of drug-likeness (QED) is 0.431. The van der Waals surface area contributed by atoms with Gasteiger partial charge in [-0.05, 0) is 37.5 Å². The summed E-state index contributed by atoms with van der Waals surface area (Å²) in [5.41, 5.74) is 1.46. The molecule has 3 aromatic rings. The zero-order valence-electron chi connectivity index (χ0n) is 16.0. The van der Waals surface area contributed by atoms with Crippen molar-refractivity contribution < 1.29 is 21.6 Å². The molecule has 0 radical (unpaired) electrons. The molecular formula is C23H25BrN2OS. The van der Waals surface area contributed by atoms with Crippen molar-refractivity contribution in [1.82, 2.24) is 4.90 Å². The summed E-state index contributed by atoms with van der Waals surface area (Å²) >= 11 is 1.76. The zero-order valence-corrected chi connectivity index (χ0v) is 18.4. The van der Waals surface area contributed by atoms with Gasteiger partial charge in [-0.2, -0.15) is 0 Å². The Morgan fingerprint density at radius 3 is 2.68 bits per heavy atom. The number of nitrogens with zero attached hydrogens (tertiary/aromatic N) is 2. The lowest BCUT2D eigenvalue weighted by Crippen LogP contribution is -3.00. The van der Waals surface area contributed by atoms with Gasteiger partial charge in [-0.1, -0.05) is 24.3 Å². The Balaban J connectivity index is 0.00000192. The molecule has 0 fully saturated rings. The Morgan fingerprint density at radius 2 is 1.75 bits per heavy atom. The molecule has 0 amide bonds. The van der Waals surface area contributed by atoms with Crippen LogP contribution >= 0.6 is 11.3 Å². The van der Waals surface area contributed by atoms with Gasteiger partial charge in [-0.3, -0.25) is 14.3 Å². The maximum Gasteiger partial charge on any atom is 0.247 e. The van der Waals surface area contributed by atoms with E-state index in [1.165, 1.54) is 56.6 Å². The van der Waals surface area contributed by atoms with Gasteiger partial charge in [0, 0.05) is 38.6 Å². The lowest BCUT2D eigenvalue weighted by molar-refractivity contribution is -0.539. The van der Waals surface area contributed by atoms with Gasteiger partial charge in [-0.25, -0.2) is 0 Å². The fourth-order valence-corrected chi connectivity index (χ4v) is 5.78. The topological polar surface area (TPSA) is 23.3 Å². The highest BCUT2D eigenvalue weighted by Gasteiger charge is 2.29. The molecule has 0 atom stereocenters. The number of benzene rings is 2. The molecule has 3 heterocycles. The van der Waals surface area contributed by atoms with Crippen LogP contribution in [0.4, 0.5) is 0 Å². The van der Waals surface area contributed by atoms with Gasteiger partial charge in [0.1, 0.15) is 6.54 Å². The first-order valence-electron chi connectivity index (χ1n) is 10.1. The molecule has 5 heteroatoms. The molecule has 0 N–H and O–H groups in total. The fourth-order valence-electron chi connectivity index (χ4n) is 4.61. The number of rotatable bonds is 2. The summed E-state index contributed by atoms with van der Waals surface area (Å²) in [6, 6.07) is 14.3. The summed E-state index contributed by atoms with van der Waals surface area (Å²) in [5.74, 6) is 1.53. The number of fused-ring (bicyclic) bond motifs is 2. The van der Waals surface area contributed by atoms with Crippen LogP contribution in [0.3, 0.4) is 0 Å². The van der Waals surface area contributed by atoms with Crippen molar-refractivity contribution in [1.29, 1.82) is 0 Å². The monoisotopic (exact) mass is 456 g/mol. The van der Waals surface area contributed by atoms with E-state index in [0.717, 1.165) is 33.3 Å². The van der Waals surface area contributed by atoms with E-state index in [9.17, 15) is 4.79 Å². The van der Waals surface area contributed by atoms with Crippen molar-refractivity contribution in [3.63, 3.8) is 0 Å². The molecule has 28 heavy (non-hydrogen) atoms. The second-order valence-corrected chi connectivity index (χ2v) is 8.76. The van der Waals surface area contributed by atoms with E-state index < -0.39 is 0 Å². The molecule has 2 aliphatic heterocycles. The molecule has 0 spiro atoms. The highest BCUT2D eigenvalue weighted by atomic mass is 79.9. The average Bonchev–Trinajstić information content (AvgIpc) is 2.95. The molecule has 5 rings (SSSR count). The number of hydrogen-bond acceptors (Lipinski definition) is 3. The summed E-state index contributed by atoms with van der Waals surface area (Å²) in [6.45, 7) is 4.46. The highest BCUT2D eigenvalue weighted by Crippen LogP contribution is 2.29. The maximum absolute atomic E-state index is 13.0. The average molecular weight is 457 g/mol. The Bertz CT molecular complexity index is 1100. The first-order valence-corrected chi connectivity index (χ1v) is 10.9. The minimum Gasteiger partial charge on any atom is -1.00 e. The Labute approximate surface area is 180 Å². The Morgan fingerprint density at radius 1 is 0.929 bits per heavy atom. The molecule has 2 aromatic carbocycles. The molecule has 146 valence electrons. The summed E-state index contributed by atoms with van der Waals surface area (Å²) in [7, 11) is 0. The summed E-state index contributed by atoms with van der Waals surface area (Å²) < 4.78 is 4.86. The maximum atomic E-state index is 13.0. The van der Waals surface area contributed by atoms with Crippen LogP contribution < -0.4 is 22.4 Å². The van der Waals surface area contributed by atoms with Crippen LogP contribution in [0.5, 0.6) is 0 Å². The predicted octanol–water partition coefficient (Wildman–Crippen LogP) is 1.61. The lowest BCUT2D eigenvalue weighted by Gasteiger charge is -2.26. The van der Waals surface area contributed by atoms with Crippen molar-refractivity contribution in [2.45, 2.75) is 38.6 Å². The minimum absolute atomic E-state index is 0. The van der Waals surface area contributed by atoms with Crippen molar-refractivity contribution in [3.8, 4) is 0 Å². The molecule has 2 aliphatic rings. The van der Waals surface area contributed by atoms with E-state index in [1.807, 2.05) is 24.3 Å². The first-order chi connectivity index (χ1) is 13.3. The van der Waals surface area contributed by atoms with Gasteiger partial charge in [0.2, 0.25) is 5.84 Å². The zero-order chi connectivity index (χ0) is 18.2. The second kappa shape index (κ2) is 8.34. The standard InChI is InChI=1S/C23H25N2OS.BrH/c26-22-18-9-3-4-11-20(18)27-23-17(8-6-10-19(22)23)16-25-15-7-14-24-13-5-1-2-12-21(24)25;/h3-4,6,8-11H,1-2,5,7,12-16H2;1H/q+1;/p-1. The third-order valence-electron chi connectivity index (χ3n) is 5.96. The van der Waals surface area contributed by atoms with E-state index in [2.05, 4.69) is 27.7 Å². The SMILES string of the molecule is O=c1c2ccccc2sc2c(CN3CCC[N+]4=C3CCCCC4)cccc12.[Br-]. The van der Waals surface area contributed by atoms with Crippen molar-refractivity contribution in [2.24, 2.45) is 0 Å². The van der Waals surface area contributed by atoms with Gasteiger partial charge < -0.3 is 17.0 Å². The third-order valence-corrected chi connectivity index (χ3v) is 7.22. The normalized spacial score (nSPS) is 17.4. The molecule has 0 bridgehead atoms. The van der Waals surface area contributed by atoms with E-state index >= 15 is 0 Å². The molecule has 3 nitrogen and oxygen atoms in total. The fraction of sp³-hybridized carbons (Fsp3) is 0.391. The van der Waals surface area contributed by atoms with Crippen molar-refractivity contribution in [3.05, 3.63) is 58.3 Å². The summed E-state index contributed by atoms with van der Waals surface area (Å²) in [6.07, 6.45) is 6.39. The minimum atomic E-state index is 0. The molecule has 1 aromatic heterocycles. The van der Waals surface area contributed by atoms with E-state index in [-0.39, 0.29) is 22.4 Å². The second-order valence-electron chi connectivity index (χ2n) is 7.71. The Kier molecular flexibility index (Phi) is 5.83. The van der Waals surface area contributed by atoms with Crippen LogP contribution in [-0.4, -0.2) is 34.9 Å². The van der Waals surface area contributed by atoms with Crippen LogP contribution in [0.25, 0.3) is 20.2 Å². The molecule has 0 unspecified atom stereocenters. The summed E-state index contributed by atoms with van der Waals surface area (Å²) in [4.78, 5) is 15.6. The van der Waals surface area contributed by atoms with Gasteiger partial charge in [-0.15, -0.1) is 11.3 Å². The number of halogens is 1. The molecule has 0 saturated carbocycles. The van der Waals surface area contributed by atoms with E-state index in [4.69, 9.17) is 0 Å². The number of hydrogen-bond donors (Lipinski definition) is 0. The largest absolute Gasteiger partial charge is 1.00 e. The van der Waals surface area contributed by atoms with Crippen LogP contribution in [0, 0.1) is 0 Å². The smallest absolute Gasteiger partial charge is 0.247 e. The predicted molar refractivity (Wildman–Crippen MR) is 114 cm³/mol. The van der Waals surface area contributed by atoms with Crippen molar-refractivity contribution in [2.75, 3.05) is 19.6 Å².